The molecule has 3 amide bonds. The highest BCUT2D eigenvalue weighted by atomic mass is 32.2. The number of carboxylic acids is 1. The molecular weight excluding hydrogens is 364 g/mol. The Morgan fingerprint density at radius 2 is 1.84 bits per heavy atom. The average Bonchev–Trinajstić information content (AvgIpc) is 2.99. The van der Waals surface area contributed by atoms with Crippen LogP contribution in [-0.2, 0) is 19.2 Å². The van der Waals surface area contributed by atoms with Crippen LogP contribution < -0.4 is 4.90 Å². The summed E-state index contributed by atoms with van der Waals surface area (Å²) in [5.41, 5.74) is 0.918. The number of fused-ring (bicyclic) bond motifs is 1. The SMILES string of the molecule is CC(=O)N1C(=O)/C(=C2/SC(=S)N([C@H](C)C(=O)O)C2=O)c2ccccc21. The van der Waals surface area contributed by atoms with E-state index in [0.717, 1.165) is 21.6 Å². The Bertz CT molecular complexity index is 892. The number of nitrogens with zero attached hydrogens (tertiary/aromatic N) is 2. The van der Waals surface area contributed by atoms with Crippen molar-refractivity contribution < 1.29 is 24.3 Å². The molecule has 1 aromatic rings. The Balaban J connectivity index is 2.17. The number of hydrogen-bond acceptors (Lipinski definition) is 6. The molecule has 25 heavy (non-hydrogen) atoms. The van der Waals surface area contributed by atoms with Crippen LogP contribution in [0.2, 0.25) is 0 Å². The number of hydrogen-bond donors (Lipinski definition) is 1. The van der Waals surface area contributed by atoms with Crippen molar-refractivity contribution in [1.82, 2.24) is 4.90 Å². The van der Waals surface area contributed by atoms with Gasteiger partial charge in [-0.15, -0.1) is 0 Å². The smallest absolute Gasteiger partial charge is 0.326 e. The number of carbonyl (C=O) groups excluding carboxylic acids is 3. The lowest BCUT2D eigenvalue weighted by Gasteiger charge is -2.18. The first kappa shape index (κ1) is 17.3. The molecule has 1 fully saturated rings. The molecule has 1 N–H and O–H groups in total. The number of rotatable bonds is 2. The molecule has 7 nitrogen and oxygen atoms in total. The van der Waals surface area contributed by atoms with E-state index in [1.54, 1.807) is 24.3 Å². The summed E-state index contributed by atoms with van der Waals surface area (Å²) in [6.07, 6.45) is 0. The number of carbonyl (C=O) groups is 4. The molecule has 1 atom stereocenters. The highest BCUT2D eigenvalue weighted by molar-refractivity contribution is 8.26. The van der Waals surface area contributed by atoms with Crippen LogP contribution in [-0.4, -0.2) is 44.1 Å². The molecule has 0 aromatic heterocycles. The Kier molecular flexibility index (Phi) is 4.21. The van der Waals surface area contributed by atoms with E-state index in [9.17, 15) is 19.2 Å². The lowest BCUT2D eigenvalue weighted by atomic mass is 10.1. The molecular formula is C16H12N2O5S2. The zero-order chi connectivity index (χ0) is 18.5. The van der Waals surface area contributed by atoms with Crippen molar-refractivity contribution in [2.24, 2.45) is 0 Å². The summed E-state index contributed by atoms with van der Waals surface area (Å²) in [7, 11) is 0. The van der Waals surface area contributed by atoms with E-state index < -0.39 is 29.7 Å². The van der Waals surface area contributed by atoms with Crippen LogP contribution >= 0.6 is 24.0 Å². The largest absolute Gasteiger partial charge is 0.480 e. The van der Waals surface area contributed by atoms with Gasteiger partial charge in [0.05, 0.1) is 16.2 Å². The number of anilines is 1. The predicted octanol–water partition coefficient (Wildman–Crippen LogP) is 1.62. The van der Waals surface area contributed by atoms with Crippen molar-refractivity contribution in [2.45, 2.75) is 19.9 Å². The summed E-state index contributed by atoms with van der Waals surface area (Å²) in [5.74, 6) is -2.93. The molecule has 0 unspecified atom stereocenters. The minimum absolute atomic E-state index is 0.0410. The fourth-order valence-electron chi connectivity index (χ4n) is 2.72. The van der Waals surface area contributed by atoms with E-state index >= 15 is 0 Å². The molecule has 128 valence electrons. The summed E-state index contributed by atoms with van der Waals surface area (Å²) < 4.78 is 0.0638. The lowest BCUT2D eigenvalue weighted by Crippen LogP contribution is -2.41. The van der Waals surface area contributed by atoms with E-state index in [-0.39, 0.29) is 14.8 Å². The third-order valence-electron chi connectivity index (χ3n) is 3.92. The monoisotopic (exact) mass is 376 g/mol. The normalized spacial score (nSPS) is 21.0. The summed E-state index contributed by atoms with van der Waals surface area (Å²) in [4.78, 5) is 50.6. The van der Waals surface area contributed by atoms with Gasteiger partial charge in [-0.25, -0.2) is 9.69 Å². The predicted molar refractivity (Wildman–Crippen MR) is 95.7 cm³/mol. The molecule has 0 aliphatic carbocycles. The van der Waals surface area contributed by atoms with Gasteiger partial charge in [0.2, 0.25) is 5.91 Å². The van der Waals surface area contributed by atoms with Gasteiger partial charge in [0.15, 0.2) is 0 Å². The van der Waals surface area contributed by atoms with Crippen molar-refractivity contribution in [3.63, 3.8) is 0 Å². The quantitative estimate of drug-likeness (QED) is 0.619. The van der Waals surface area contributed by atoms with E-state index in [0.29, 0.717) is 11.3 Å². The molecule has 0 saturated carbocycles. The number of thioether (sulfide) groups is 1. The molecule has 1 saturated heterocycles. The lowest BCUT2D eigenvalue weighted by molar-refractivity contribution is -0.144. The maximum absolute atomic E-state index is 12.8. The van der Waals surface area contributed by atoms with E-state index in [1.165, 1.54) is 13.8 Å². The van der Waals surface area contributed by atoms with E-state index in [1.807, 2.05) is 0 Å². The zero-order valence-electron chi connectivity index (χ0n) is 13.2. The third kappa shape index (κ3) is 2.56. The molecule has 0 radical (unpaired) electrons. The van der Waals surface area contributed by atoms with Crippen molar-refractivity contribution in [3.8, 4) is 0 Å². The maximum atomic E-state index is 12.8. The fourth-order valence-corrected chi connectivity index (χ4v) is 4.21. The number of thiocarbonyl (C=S) groups is 1. The minimum atomic E-state index is -1.20. The molecule has 2 aliphatic heterocycles. The molecule has 0 bridgehead atoms. The van der Waals surface area contributed by atoms with Gasteiger partial charge < -0.3 is 5.11 Å². The van der Waals surface area contributed by atoms with Crippen molar-refractivity contribution in [3.05, 3.63) is 34.7 Å². The summed E-state index contributed by atoms with van der Waals surface area (Å²) in [6, 6.07) is 5.47. The number of carboxylic acid groups (broad SMARTS) is 1. The van der Waals surface area contributed by atoms with Crippen LogP contribution in [0, 0.1) is 0 Å². The Labute approximate surface area is 152 Å². The summed E-state index contributed by atoms with van der Waals surface area (Å²) >= 11 is 5.99. The number of benzene rings is 1. The Hall–Kier alpha value is -2.52. The molecule has 2 heterocycles. The highest BCUT2D eigenvalue weighted by Gasteiger charge is 2.45. The second-order valence-corrected chi connectivity index (χ2v) is 7.08. The van der Waals surface area contributed by atoms with Crippen LogP contribution in [0.1, 0.15) is 19.4 Å². The van der Waals surface area contributed by atoms with E-state index in [2.05, 4.69) is 0 Å². The minimum Gasteiger partial charge on any atom is -0.480 e. The second kappa shape index (κ2) is 6.08. The van der Waals surface area contributed by atoms with Crippen LogP contribution in [0.5, 0.6) is 0 Å². The zero-order valence-corrected chi connectivity index (χ0v) is 14.8. The fraction of sp³-hybridized carbons (Fsp3) is 0.188. The maximum Gasteiger partial charge on any atom is 0.326 e. The number of imide groups is 1. The first-order valence-corrected chi connectivity index (χ1v) is 8.45. The summed E-state index contributed by atoms with van der Waals surface area (Å²) in [5, 5.41) is 9.16. The first-order valence-electron chi connectivity index (χ1n) is 7.22. The second-order valence-electron chi connectivity index (χ2n) is 5.44. The standard InChI is InChI=1S/C16H12N2O5S2/c1-7(15(22)23)17-14(21)12(25-16(17)24)11-9-5-3-4-6-10(9)18(8(2)19)13(11)20/h3-7H,1-2H3,(H,22,23)/b12-11+/t7-/m1/s1. The third-order valence-corrected chi connectivity index (χ3v) is 5.32. The van der Waals surface area contributed by atoms with Crippen molar-refractivity contribution >= 4 is 63.3 Å². The van der Waals surface area contributed by atoms with Crippen LogP contribution in [0.25, 0.3) is 5.57 Å². The highest BCUT2D eigenvalue weighted by Crippen LogP contribution is 2.44. The first-order chi connectivity index (χ1) is 11.8. The summed E-state index contributed by atoms with van der Waals surface area (Å²) in [6.45, 7) is 2.60. The van der Waals surface area contributed by atoms with Gasteiger partial charge in [0.1, 0.15) is 10.4 Å². The van der Waals surface area contributed by atoms with E-state index in [4.69, 9.17) is 17.3 Å². The van der Waals surface area contributed by atoms with Crippen molar-refractivity contribution in [2.75, 3.05) is 4.90 Å². The Morgan fingerprint density at radius 3 is 2.44 bits per heavy atom. The number of para-hydroxylation sites is 1. The number of aliphatic carboxylic acids is 1. The van der Waals surface area contributed by atoms with Gasteiger partial charge in [-0.2, -0.15) is 0 Å². The van der Waals surface area contributed by atoms with Gasteiger partial charge in [-0.1, -0.05) is 42.2 Å². The topological polar surface area (TPSA) is 95.0 Å². The molecule has 9 heteroatoms. The average molecular weight is 376 g/mol. The van der Waals surface area contributed by atoms with Gasteiger partial charge in [-0.05, 0) is 13.0 Å². The van der Waals surface area contributed by atoms with Gasteiger partial charge >= 0.3 is 5.97 Å². The van der Waals surface area contributed by atoms with Crippen LogP contribution in [0.15, 0.2) is 29.2 Å². The van der Waals surface area contributed by atoms with Gasteiger partial charge in [0.25, 0.3) is 11.8 Å². The van der Waals surface area contributed by atoms with Crippen LogP contribution in [0.4, 0.5) is 5.69 Å². The van der Waals surface area contributed by atoms with Crippen LogP contribution in [0.3, 0.4) is 0 Å². The van der Waals surface area contributed by atoms with Gasteiger partial charge in [0, 0.05) is 12.5 Å². The molecule has 1 aromatic carbocycles. The Morgan fingerprint density at radius 1 is 1.20 bits per heavy atom. The molecule has 3 rings (SSSR count). The molecule has 0 spiro atoms. The van der Waals surface area contributed by atoms with Gasteiger partial charge in [-0.3, -0.25) is 19.3 Å². The number of amides is 3. The van der Waals surface area contributed by atoms with Crippen molar-refractivity contribution in [1.29, 1.82) is 0 Å². The molecule has 2 aliphatic rings.